The zero-order chi connectivity index (χ0) is 25.9. The van der Waals surface area contributed by atoms with Crippen LogP contribution in [0.5, 0.6) is 0 Å². The van der Waals surface area contributed by atoms with Crippen LogP contribution in [0, 0.1) is 6.92 Å². The standard InChI is InChI=1S/C24H29N5O4S2/c1-12(2)15-7-9-16(10-8-15)21-27-28-24(29(21)6)34-11-17(30)26-22-18(23(32)33-13(3)4)14(5)19(35-22)20(25)31/h7-10,12-13H,11H2,1-6H3,(H2,25,31)(H,26,30). The minimum absolute atomic E-state index is 0.0276. The third-order valence-corrected chi connectivity index (χ3v) is 7.42. The highest BCUT2D eigenvalue weighted by Gasteiger charge is 2.26. The molecule has 0 aliphatic rings. The maximum atomic E-state index is 12.7. The number of amides is 2. The van der Waals surface area contributed by atoms with Gasteiger partial charge in [-0.05, 0) is 37.8 Å². The summed E-state index contributed by atoms with van der Waals surface area (Å²) in [7, 11) is 1.84. The third-order valence-electron chi connectivity index (χ3n) is 5.17. The maximum Gasteiger partial charge on any atom is 0.341 e. The highest BCUT2D eigenvalue weighted by molar-refractivity contribution is 7.99. The Bertz CT molecular complexity index is 1250. The van der Waals surface area contributed by atoms with Crippen LogP contribution in [0.2, 0.25) is 0 Å². The average Bonchev–Trinajstić information content (AvgIpc) is 3.31. The summed E-state index contributed by atoms with van der Waals surface area (Å²) in [6.45, 7) is 9.32. The van der Waals surface area contributed by atoms with Gasteiger partial charge in [-0.3, -0.25) is 9.59 Å². The van der Waals surface area contributed by atoms with Crippen molar-refractivity contribution in [3.05, 3.63) is 45.8 Å². The molecule has 0 saturated heterocycles. The molecule has 0 aliphatic heterocycles. The van der Waals surface area contributed by atoms with Gasteiger partial charge in [0, 0.05) is 12.6 Å². The molecule has 0 atom stereocenters. The molecule has 0 radical (unpaired) electrons. The molecule has 2 amide bonds. The number of nitrogens with zero attached hydrogens (tertiary/aromatic N) is 3. The van der Waals surface area contributed by atoms with E-state index in [0.29, 0.717) is 22.5 Å². The van der Waals surface area contributed by atoms with Gasteiger partial charge in [0.05, 0.1) is 22.3 Å². The summed E-state index contributed by atoms with van der Waals surface area (Å²) in [5, 5.41) is 12.0. The number of thioether (sulfide) groups is 1. The first kappa shape index (κ1) is 26.4. The van der Waals surface area contributed by atoms with Crippen LogP contribution >= 0.6 is 23.1 Å². The molecular weight excluding hydrogens is 486 g/mol. The summed E-state index contributed by atoms with van der Waals surface area (Å²) in [6, 6.07) is 8.15. The predicted molar refractivity (Wildman–Crippen MR) is 138 cm³/mol. The number of nitrogens with two attached hydrogens (primary N) is 1. The lowest BCUT2D eigenvalue weighted by Crippen LogP contribution is -2.18. The smallest absolute Gasteiger partial charge is 0.341 e. The van der Waals surface area contributed by atoms with Crippen molar-refractivity contribution in [2.75, 3.05) is 11.1 Å². The van der Waals surface area contributed by atoms with Gasteiger partial charge >= 0.3 is 5.97 Å². The Morgan fingerprint density at radius 1 is 1.14 bits per heavy atom. The van der Waals surface area contributed by atoms with E-state index in [1.54, 1.807) is 20.8 Å². The van der Waals surface area contributed by atoms with Crippen molar-refractivity contribution < 1.29 is 19.1 Å². The molecule has 35 heavy (non-hydrogen) atoms. The Morgan fingerprint density at radius 3 is 2.37 bits per heavy atom. The van der Waals surface area contributed by atoms with Gasteiger partial charge in [0.25, 0.3) is 5.91 Å². The van der Waals surface area contributed by atoms with Crippen LogP contribution in [0.25, 0.3) is 11.4 Å². The predicted octanol–water partition coefficient (Wildman–Crippen LogP) is 4.37. The van der Waals surface area contributed by atoms with E-state index in [1.807, 2.05) is 23.7 Å². The number of hydrogen-bond donors (Lipinski definition) is 2. The number of aromatic nitrogens is 3. The number of anilines is 1. The topological polar surface area (TPSA) is 129 Å². The van der Waals surface area contributed by atoms with Crippen molar-refractivity contribution in [3.8, 4) is 11.4 Å². The number of carbonyl (C=O) groups excluding carboxylic acids is 3. The van der Waals surface area contributed by atoms with Crippen molar-refractivity contribution in [2.45, 2.75) is 51.8 Å². The quantitative estimate of drug-likeness (QED) is 0.320. The molecule has 0 saturated carbocycles. The second kappa shape index (κ2) is 11.0. The number of carbonyl (C=O) groups is 3. The number of esters is 1. The molecule has 0 spiro atoms. The zero-order valence-electron chi connectivity index (χ0n) is 20.5. The number of nitrogens with one attached hydrogen (secondary N) is 1. The Morgan fingerprint density at radius 2 is 1.80 bits per heavy atom. The monoisotopic (exact) mass is 515 g/mol. The second-order valence-electron chi connectivity index (χ2n) is 8.56. The van der Waals surface area contributed by atoms with Gasteiger partial charge in [-0.15, -0.1) is 21.5 Å². The molecule has 186 valence electrons. The van der Waals surface area contributed by atoms with Crippen LogP contribution in [0.3, 0.4) is 0 Å². The molecule has 11 heteroatoms. The minimum atomic E-state index is -0.672. The van der Waals surface area contributed by atoms with E-state index in [9.17, 15) is 14.4 Å². The van der Waals surface area contributed by atoms with Gasteiger partial charge in [0.2, 0.25) is 5.91 Å². The molecular formula is C24H29N5O4S2. The Labute approximate surface area is 212 Å². The molecule has 0 bridgehead atoms. The fourth-order valence-corrected chi connectivity index (χ4v) is 5.13. The third kappa shape index (κ3) is 6.09. The molecule has 2 heterocycles. The van der Waals surface area contributed by atoms with E-state index in [0.717, 1.165) is 16.9 Å². The SMILES string of the molecule is Cc1c(C(N)=O)sc(NC(=O)CSc2nnc(-c3ccc(C(C)C)cc3)n2C)c1C(=O)OC(C)C. The molecule has 3 rings (SSSR count). The normalized spacial score (nSPS) is 11.2. The van der Waals surface area contributed by atoms with Crippen LogP contribution < -0.4 is 11.1 Å². The molecule has 9 nitrogen and oxygen atoms in total. The summed E-state index contributed by atoms with van der Waals surface area (Å²) >= 11 is 2.17. The summed E-state index contributed by atoms with van der Waals surface area (Å²) in [6.07, 6.45) is -0.357. The van der Waals surface area contributed by atoms with Crippen LogP contribution in [0.15, 0.2) is 29.4 Å². The maximum absolute atomic E-state index is 12.7. The van der Waals surface area contributed by atoms with E-state index in [2.05, 4.69) is 41.5 Å². The zero-order valence-corrected chi connectivity index (χ0v) is 22.2. The van der Waals surface area contributed by atoms with Crippen molar-refractivity contribution >= 4 is 45.9 Å². The molecule has 0 unspecified atom stereocenters. The first-order valence-electron chi connectivity index (χ1n) is 11.1. The van der Waals surface area contributed by atoms with Crippen molar-refractivity contribution in [3.63, 3.8) is 0 Å². The van der Waals surface area contributed by atoms with Crippen molar-refractivity contribution in [2.24, 2.45) is 12.8 Å². The summed E-state index contributed by atoms with van der Waals surface area (Å²) in [5.41, 5.74) is 8.14. The van der Waals surface area contributed by atoms with Gasteiger partial charge in [0.15, 0.2) is 11.0 Å². The Balaban J connectivity index is 1.73. The van der Waals surface area contributed by atoms with Crippen LogP contribution in [-0.2, 0) is 16.6 Å². The number of ether oxygens (including phenoxy) is 1. The highest BCUT2D eigenvalue weighted by atomic mass is 32.2. The van der Waals surface area contributed by atoms with Crippen molar-refractivity contribution in [1.29, 1.82) is 0 Å². The highest BCUT2D eigenvalue weighted by Crippen LogP contribution is 2.34. The largest absolute Gasteiger partial charge is 0.459 e. The number of primary amides is 1. The first-order chi connectivity index (χ1) is 16.5. The summed E-state index contributed by atoms with van der Waals surface area (Å²) in [5.74, 6) is -0.495. The number of hydrogen-bond acceptors (Lipinski definition) is 8. The van der Waals surface area contributed by atoms with Crippen LogP contribution in [-0.4, -0.2) is 44.4 Å². The van der Waals surface area contributed by atoms with E-state index < -0.39 is 11.9 Å². The van der Waals surface area contributed by atoms with E-state index in [-0.39, 0.29) is 33.2 Å². The molecule has 0 fully saturated rings. The average molecular weight is 516 g/mol. The summed E-state index contributed by atoms with van der Waals surface area (Å²) in [4.78, 5) is 37.3. The number of rotatable bonds is 9. The van der Waals surface area contributed by atoms with E-state index >= 15 is 0 Å². The Hall–Kier alpha value is -3.18. The van der Waals surface area contributed by atoms with Gasteiger partial charge in [0.1, 0.15) is 5.00 Å². The van der Waals surface area contributed by atoms with Crippen molar-refractivity contribution in [1.82, 2.24) is 14.8 Å². The van der Waals surface area contributed by atoms with E-state index in [1.165, 1.54) is 17.3 Å². The summed E-state index contributed by atoms with van der Waals surface area (Å²) < 4.78 is 7.11. The lowest BCUT2D eigenvalue weighted by molar-refractivity contribution is -0.113. The van der Waals surface area contributed by atoms with Gasteiger partial charge < -0.3 is 20.4 Å². The molecule has 2 aromatic heterocycles. The number of benzene rings is 1. The molecule has 3 N–H and O–H groups in total. The fraction of sp³-hybridized carbons (Fsp3) is 0.375. The fourth-order valence-electron chi connectivity index (χ4n) is 3.36. The second-order valence-corrected chi connectivity index (χ2v) is 10.5. The Kier molecular flexibility index (Phi) is 8.34. The van der Waals surface area contributed by atoms with Gasteiger partial charge in [-0.1, -0.05) is 49.9 Å². The molecule has 0 aliphatic carbocycles. The van der Waals surface area contributed by atoms with Gasteiger partial charge in [-0.25, -0.2) is 4.79 Å². The van der Waals surface area contributed by atoms with Crippen LogP contribution in [0.1, 0.15) is 64.8 Å². The lowest BCUT2D eigenvalue weighted by Gasteiger charge is -2.10. The first-order valence-corrected chi connectivity index (χ1v) is 12.9. The van der Waals surface area contributed by atoms with E-state index in [4.69, 9.17) is 10.5 Å². The van der Waals surface area contributed by atoms with Crippen LogP contribution in [0.4, 0.5) is 5.00 Å². The lowest BCUT2D eigenvalue weighted by atomic mass is 10.0. The molecule has 1 aromatic carbocycles. The molecule has 3 aromatic rings. The van der Waals surface area contributed by atoms with Gasteiger partial charge in [-0.2, -0.15) is 0 Å². The number of thiophene rings is 1. The minimum Gasteiger partial charge on any atom is -0.459 e.